The first kappa shape index (κ1) is 21.3. The quantitative estimate of drug-likeness (QED) is 0.716. The van der Waals surface area contributed by atoms with Crippen molar-refractivity contribution in [3.05, 3.63) is 53.1 Å². The Morgan fingerprint density at radius 1 is 1.04 bits per heavy atom. The highest BCUT2D eigenvalue weighted by Gasteiger charge is 2.21. The topological polar surface area (TPSA) is 64.6 Å². The van der Waals surface area contributed by atoms with Gasteiger partial charge in [0.25, 0.3) is 0 Å². The van der Waals surface area contributed by atoms with E-state index in [-0.39, 0.29) is 16.9 Å². The number of aryl methyl sites for hydroxylation is 1. The van der Waals surface area contributed by atoms with Gasteiger partial charge in [-0.3, -0.25) is 0 Å². The summed E-state index contributed by atoms with van der Waals surface area (Å²) >= 11 is 0. The molecule has 148 valence electrons. The zero-order chi connectivity index (χ0) is 20.2. The number of hydrogen-bond acceptors (Lipinski definition) is 4. The maximum Gasteiger partial charge on any atom is 0.241 e. The van der Waals surface area contributed by atoms with Crippen LogP contribution in [0.2, 0.25) is 0 Å². The second-order valence-electron chi connectivity index (χ2n) is 6.85. The molecule has 0 amide bonds. The van der Waals surface area contributed by atoms with Crippen LogP contribution < -0.4 is 14.2 Å². The third-order valence-corrected chi connectivity index (χ3v) is 6.04. The number of benzene rings is 2. The van der Waals surface area contributed by atoms with E-state index in [4.69, 9.17) is 9.47 Å². The molecule has 1 atom stereocenters. The van der Waals surface area contributed by atoms with Gasteiger partial charge in [0.2, 0.25) is 10.0 Å². The number of methoxy groups -OCH3 is 1. The first-order valence-corrected chi connectivity index (χ1v) is 10.6. The number of sulfonamides is 1. The van der Waals surface area contributed by atoms with Crippen molar-refractivity contribution >= 4 is 10.0 Å². The van der Waals surface area contributed by atoms with E-state index in [1.54, 1.807) is 31.4 Å². The van der Waals surface area contributed by atoms with E-state index in [1.165, 1.54) is 0 Å². The molecule has 0 saturated heterocycles. The zero-order valence-electron chi connectivity index (χ0n) is 16.9. The van der Waals surface area contributed by atoms with Crippen LogP contribution in [0.3, 0.4) is 0 Å². The largest absolute Gasteiger partial charge is 0.496 e. The van der Waals surface area contributed by atoms with E-state index >= 15 is 0 Å². The van der Waals surface area contributed by atoms with Crippen LogP contribution in [0.15, 0.2) is 41.3 Å². The van der Waals surface area contributed by atoms with E-state index in [9.17, 15) is 8.42 Å². The molecular formula is C21H29NO4S. The third kappa shape index (κ3) is 5.02. The normalized spacial score (nSPS) is 12.9. The number of nitrogens with one attached hydrogen (secondary N) is 1. The van der Waals surface area contributed by atoms with Gasteiger partial charge >= 0.3 is 0 Å². The van der Waals surface area contributed by atoms with Crippen LogP contribution in [0.4, 0.5) is 0 Å². The second-order valence-corrected chi connectivity index (χ2v) is 8.57. The lowest BCUT2D eigenvalue weighted by Gasteiger charge is -2.21. The van der Waals surface area contributed by atoms with Crippen molar-refractivity contribution in [2.45, 2.75) is 51.5 Å². The number of rotatable bonds is 8. The molecule has 0 bridgehead atoms. The molecule has 2 aromatic carbocycles. The van der Waals surface area contributed by atoms with Gasteiger partial charge in [-0.2, -0.15) is 0 Å². The molecule has 0 aliphatic carbocycles. The van der Waals surface area contributed by atoms with Gasteiger partial charge in [0.05, 0.1) is 18.6 Å². The summed E-state index contributed by atoms with van der Waals surface area (Å²) in [5.74, 6) is 1.75. The Kier molecular flexibility index (Phi) is 6.89. The average Bonchev–Trinajstić information content (AvgIpc) is 2.61. The minimum Gasteiger partial charge on any atom is -0.496 e. The first-order valence-electron chi connectivity index (χ1n) is 9.13. The Labute approximate surface area is 162 Å². The minimum absolute atomic E-state index is 0.216. The predicted octanol–water partition coefficient (Wildman–Crippen LogP) is 4.57. The molecule has 0 fully saturated rings. The van der Waals surface area contributed by atoms with Gasteiger partial charge in [-0.05, 0) is 79.8 Å². The molecule has 0 aliphatic rings. The fourth-order valence-corrected chi connectivity index (χ4v) is 4.28. The summed E-state index contributed by atoms with van der Waals surface area (Å²) in [5, 5.41) is 0. The van der Waals surface area contributed by atoms with Crippen molar-refractivity contribution in [3.63, 3.8) is 0 Å². The Morgan fingerprint density at radius 3 is 2.19 bits per heavy atom. The number of ether oxygens (including phenoxy) is 2. The Hall–Kier alpha value is -2.05. The van der Waals surface area contributed by atoms with Crippen LogP contribution >= 0.6 is 0 Å². The lowest BCUT2D eigenvalue weighted by molar-refractivity contribution is 0.340. The van der Waals surface area contributed by atoms with Gasteiger partial charge < -0.3 is 9.47 Å². The van der Waals surface area contributed by atoms with E-state index in [2.05, 4.69) is 18.6 Å². The molecule has 0 radical (unpaired) electrons. The fraction of sp³-hybridized carbons (Fsp3) is 0.429. The van der Waals surface area contributed by atoms with Crippen molar-refractivity contribution < 1.29 is 17.9 Å². The van der Waals surface area contributed by atoms with Gasteiger partial charge in [-0.15, -0.1) is 0 Å². The predicted molar refractivity (Wildman–Crippen MR) is 108 cm³/mol. The number of hydrogen-bond donors (Lipinski definition) is 1. The molecule has 0 saturated carbocycles. The van der Waals surface area contributed by atoms with E-state index < -0.39 is 10.0 Å². The summed E-state index contributed by atoms with van der Waals surface area (Å²) in [6.45, 7) is 10.4. The molecule has 0 heterocycles. The van der Waals surface area contributed by atoms with E-state index in [0.717, 1.165) is 22.4 Å². The smallest absolute Gasteiger partial charge is 0.241 e. The molecule has 0 aromatic heterocycles. The van der Waals surface area contributed by atoms with Crippen molar-refractivity contribution in [1.82, 2.24) is 4.72 Å². The maximum absolute atomic E-state index is 12.8. The lowest BCUT2D eigenvalue weighted by atomic mass is 9.94. The summed E-state index contributed by atoms with van der Waals surface area (Å²) in [7, 11) is -1.99. The van der Waals surface area contributed by atoms with Crippen LogP contribution in [0.1, 0.15) is 56.3 Å². The van der Waals surface area contributed by atoms with Gasteiger partial charge in [-0.1, -0.05) is 13.8 Å². The molecule has 0 aliphatic heterocycles. The van der Waals surface area contributed by atoms with Crippen LogP contribution in [0.5, 0.6) is 11.5 Å². The molecule has 1 unspecified atom stereocenters. The SMILES string of the molecule is CCOc1ccc(S(=O)(=O)NC(C)c2cc(C(C)C)c(OC)cc2C)cc1. The molecule has 27 heavy (non-hydrogen) atoms. The Bertz CT molecular complexity index is 874. The first-order chi connectivity index (χ1) is 12.7. The molecule has 5 nitrogen and oxygen atoms in total. The van der Waals surface area contributed by atoms with Crippen LogP contribution in [0.25, 0.3) is 0 Å². The monoisotopic (exact) mass is 391 g/mol. The summed E-state index contributed by atoms with van der Waals surface area (Å²) in [6, 6.07) is 10.1. The van der Waals surface area contributed by atoms with Crippen molar-refractivity contribution in [2.24, 2.45) is 0 Å². The van der Waals surface area contributed by atoms with Crippen LogP contribution in [-0.2, 0) is 10.0 Å². The fourth-order valence-electron chi connectivity index (χ4n) is 3.06. The third-order valence-electron chi connectivity index (χ3n) is 4.48. The van der Waals surface area contributed by atoms with Gasteiger partial charge in [-0.25, -0.2) is 13.1 Å². The van der Waals surface area contributed by atoms with Gasteiger partial charge in [0.15, 0.2) is 0 Å². The van der Waals surface area contributed by atoms with E-state index in [0.29, 0.717) is 12.4 Å². The molecular weight excluding hydrogens is 362 g/mol. The Morgan fingerprint density at radius 2 is 1.67 bits per heavy atom. The molecule has 2 rings (SSSR count). The molecule has 1 N–H and O–H groups in total. The van der Waals surface area contributed by atoms with Gasteiger partial charge in [0, 0.05) is 6.04 Å². The lowest BCUT2D eigenvalue weighted by Crippen LogP contribution is -2.27. The highest BCUT2D eigenvalue weighted by molar-refractivity contribution is 7.89. The van der Waals surface area contributed by atoms with Crippen LogP contribution in [0, 0.1) is 6.92 Å². The maximum atomic E-state index is 12.8. The molecule has 2 aromatic rings. The highest BCUT2D eigenvalue weighted by Crippen LogP contribution is 2.32. The van der Waals surface area contributed by atoms with E-state index in [1.807, 2.05) is 32.9 Å². The molecule has 6 heteroatoms. The summed E-state index contributed by atoms with van der Waals surface area (Å²) < 4.78 is 39.1. The minimum atomic E-state index is -3.64. The summed E-state index contributed by atoms with van der Waals surface area (Å²) in [4.78, 5) is 0.216. The zero-order valence-corrected chi connectivity index (χ0v) is 17.7. The standard InChI is InChI=1S/C21H29NO4S/c1-7-26-17-8-10-18(11-9-17)27(23,24)22-16(5)20-13-19(14(2)3)21(25-6)12-15(20)4/h8-14,16,22H,7H2,1-6H3. The van der Waals surface area contributed by atoms with Crippen molar-refractivity contribution in [3.8, 4) is 11.5 Å². The molecule has 0 spiro atoms. The summed E-state index contributed by atoms with van der Waals surface area (Å²) in [6.07, 6.45) is 0. The van der Waals surface area contributed by atoms with Crippen LogP contribution in [-0.4, -0.2) is 22.1 Å². The second kappa shape index (κ2) is 8.76. The van der Waals surface area contributed by atoms with Crippen molar-refractivity contribution in [2.75, 3.05) is 13.7 Å². The van der Waals surface area contributed by atoms with Gasteiger partial charge in [0.1, 0.15) is 11.5 Å². The Balaban J connectivity index is 2.30. The highest BCUT2D eigenvalue weighted by atomic mass is 32.2. The summed E-state index contributed by atoms with van der Waals surface area (Å²) in [5.41, 5.74) is 2.98. The van der Waals surface area contributed by atoms with Crippen molar-refractivity contribution in [1.29, 1.82) is 0 Å². The average molecular weight is 392 g/mol.